The Morgan fingerprint density at radius 2 is 2.16 bits per heavy atom. The van der Waals surface area contributed by atoms with Crippen molar-refractivity contribution in [1.29, 1.82) is 0 Å². The highest BCUT2D eigenvalue weighted by atomic mass is 16.5. The topological polar surface area (TPSA) is 71.2 Å². The van der Waals surface area contributed by atoms with Gasteiger partial charge in [0.15, 0.2) is 5.78 Å². The summed E-state index contributed by atoms with van der Waals surface area (Å²) in [6.07, 6.45) is 0.988. The minimum absolute atomic E-state index is 0.0190. The van der Waals surface area contributed by atoms with Gasteiger partial charge in [-0.1, -0.05) is 0 Å². The second kappa shape index (κ2) is 5.57. The van der Waals surface area contributed by atoms with Crippen LogP contribution in [0.2, 0.25) is 0 Å². The van der Waals surface area contributed by atoms with Crippen molar-refractivity contribution in [2.45, 2.75) is 27.2 Å². The molecule has 1 saturated heterocycles. The number of aromatic amines is 1. The number of Topliss-reactive ketones (excluding diaryl/α,β-unsaturated/α-hetero) is 1. The first-order valence-electron chi connectivity index (χ1n) is 6.56. The highest BCUT2D eigenvalue weighted by molar-refractivity contribution is 6.02. The molecule has 1 aliphatic heterocycles. The second-order valence-corrected chi connectivity index (χ2v) is 5.12. The molecule has 0 saturated carbocycles. The quantitative estimate of drug-likeness (QED) is 0.811. The minimum atomic E-state index is -0.153. The van der Waals surface area contributed by atoms with Gasteiger partial charge in [-0.3, -0.25) is 9.59 Å². The lowest BCUT2D eigenvalue weighted by atomic mass is 10.1. The van der Waals surface area contributed by atoms with Gasteiger partial charge in [0.1, 0.15) is 5.69 Å². The number of H-pyrrole nitrogens is 1. The number of carbonyl (C=O) groups is 2. The summed E-state index contributed by atoms with van der Waals surface area (Å²) in [5, 5.41) is 2.90. The van der Waals surface area contributed by atoms with Crippen molar-refractivity contribution >= 4 is 11.7 Å². The van der Waals surface area contributed by atoms with Crippen LogP contribution >= 0.6 is 0 Å². The number of nitrogens with one attached hydrogen (secondary N) is 2. The van der Waals surface area contributed by atoms with Gasteiger partial charge in [0.05, 0.1) is 6.61 Å². The van der Waals surface area contributed by atoms with Crippen molar-refractivity contribution in [2.24, 2.45) is 5.92 Å². The molecule has 19 heavy (non-hydrogen) atoms. The van der Waals surface area contributed by atoms with Crippen LogP contribution in [-0.4, -0.2) is 36.4 Å². The van der Waals surface area contributed by atoms with E-state index in [1.807, 2.05) is 6.92 Å². The molecule has 1 fully saturated rings. The lowest BCUT2D eigenvalue weighted by molar-refractivity contribution is 0.0939. The number of hydrogen-bond donors (Lipinski definition) is 2. The van der Waals surface area contributed by atoms with E-state index in [1.165, 1.54) is 6.92 Å². The second-order valence-electron chi connectivity index (χ2n) is 5.12. The number of amides is 1. The molecule has 5 heteroatoms. The molecular weight excluding hydrogens is 244 g/mol. The van der Waals surface area contributed by atoms with Gasteiger partial charge in [-0.15, -0.1) is 0 Å². The zero-order valence-corrected chi connectivity index (χ0v) is 11.6. The van der Waals surface area contributed by atoms with Crippen molar-refractivity contribution in [3.8, 4) is 0 Å². The Bertz CT molecular complexity index is 499. The van der Waals surface area contributed by atoms with Crippen LogP contribution in [0.1, 0.15) is 45.4 Å². The molecule has 0 aliphatic carbocycles. The molecule has 0 spiro atoms. The van der Waals surface area contributed by atoms with E-state index in [4.69, 9.17) is 4.74 Å². The molecule has 2 N–H and O–H groups in total. The van der Waals surface area contributed by atoms with Gasteiger partial charge in [-0.05, 0) is 32.8 Å². The normalized spacial score (nSPS) is 18.6. The molecule has 5 nitrogen and oxygen atoms in total. The van der Waals surface area contributed by atoms with Crippen LogP contribution in [0.15, 0.2) is 0 Å². The SMILES string of the molecule is CC(=O)c1c(C)[nH]c(C(=O)NC[C@@H]2CCOC2)c1C. The van der Waals surface area contributed by atoms with Gasteiger partial charge in [0.25, 0.3) is 5.91 Å². The average Bonchev–Trinajstić information content (AvgIpc) is 2.94. The maximum absolute atomic E-state index is 12.1. The van der Waals surface area contributed by atoms with Crippen LogP contribution in [-0.2, 0) is 4.74 Å². The minimum Gasteiger partial charge on any atom is -0.381 e. The van der Waals surface area contributed by atoms with E-state index in [9.17, 15) is 9.59 Å². The Morgan fingerprint density at radius 1 is 1.42 bits per heavy atom. The fraction of sp³-hybridized carbons (Fsp3) is 0.571. The fourth-order valence-electron chi connectivity index (χ4n) is 2.57. The molecule has 0 radical (unpaired) electrons. The van der Waals surface area contributed by atoms with Crippen LogP contribution < -0.4 is 5.32 Å². The highest BCUT2D eigenvalue weighted by Gasteiger charge is 2.21. The van der Waals surface area contributed by atoms with E-state index >= 15 is 0 Å². The Kier molecular flexibility index (Phi) is 4.04. The first-order chi connectivity index (χ1) is 9.00. The van der Waals surface area contributed by atoms with Gasteiger partial charge in [0.2, 0.25) is 0 Å². The third-order valence-corrected chi connectivity index (χ3v) is 3.59. The number of ether oxygens (including phenoxy) is 1. The number of hydrogen-bond acceptors (Lipinski definition) is 3. The molecule has 0 aromatic carbocycles. The van der Waals surface area contributed by atoms with Gasteiger partial charge >= 0.3 is 0 Å². The van der Waals surface area contributed by atoms with Crippen LogP contribution in [0, 0.1) is 19.8 Å². The Balaban J connectivity index is 2.06. The van der Waals surface area contributed by atoms with E-state index in [0.717, 1.165) is 24.3 Å². The van der Waals surface area contributed by atoms with Crippen LogP contribution in [0.5, 0.6) is 0 Å². The van der Waals surface area contributed by atoms with E-state index in [1.54, 1.807) is 6.92 Å². The summed E-state index contributed by atoms with van der Waals surface area (Å²) in [4.78, 5) is 26.6. The number of aryl methyl sites for hydroxylation is 1. The standard InChI is InChI=1S/C14H20N2O3/c1-8-12(10(3)17)9(2)16-13(8)14(18)15-6-11-4-5-19-7-11/h11,16H,4-7H2,1-3H3,(H,15,18)/t11-/m0/s1. The Hall–Kier alpha value is -1.62. The molecule has 1 aromatic heterocycles. The Morgan fingerprint density at radius 3 is 2.68 bits per heavy atom. The summed E-state index contributed by atoms with van der Waals surface area (Å²) in [6, 6.07) is 0. The van der Waals surface area contributed by atoms with Crippen molar-refractivity contribution in [1.82, 2.24) is 10.3 Å². The molecular formula is C14H20N2O3. The summed E-state index contributed by atoms with van der Waals surface area (Å²) in [5.74, 6) is 0.224. The van der Waals surface area contributed by atoms with Crippen molar-refractivity contribution < 1.29 is 14.3 Å². The van der Waals surface area contributed by atoms with Crippen molar-refractivity contribution in [2.75, 3.05) is 19.8 Å². The summed E-state index contributed by atoms with van der Waals surface area (Å²) in [6.45, 7) is 7.23. The highest BCUT2D eigenvalue weighted by Crippen LogP contribution is 2.18. The van der Waals surface area contributed by atoms with Crippen molar-refractivity contribution in [3.63, 3.8) is 0 Å². The van der Waals surface area contributed by atoms with E-state index in [2.05, 4.69) is 10.3 Å². The first-order valence-corrected chi connectivity index (χ1v) is 6.56. The molecule has 0 unspecified atom stereocenters. The van der Waals surface area contributed by atoms with Crippen molar-refractivity contribution in [3.05, 3.63) is 22.5 Å². The smallest absolute Gasteiger partial charge is 0.268 e. The Labute approximate surface area is 112 Å². The molecule has 1 aromatic rings. The monoisotopic (exact) mass is 264 g/mol. The molecule has 2 rings (SSSR count). The van der Waals surface area contributed by atoms with Crippen LogP contribution in [0.25, 0.3) is 0 Å². The lowest BCUT2D eigenvalue weighted by Crippen LogP contribution is -2.30. The summed E-state index contributed by atoms with van der Waals surface area (Å²) in [7, 11) is 0. The van der Waals surface area contributed by atoms with Gasteiger partial charge in [-0.25, -0.2) is 0 Å². The zero-order valence-electron chi connectivity index (χ0n) is 11.6. The molecule has 0 bridgehead atoms. The fourth-order valence-corrected chi connectivity index (χ4v) is 2.57. The lowest BCUT2D eigenvalue weighted by Gasteiger charge is -2.09. The van der Waals surface area contributed by atoms with E-state index in [-0.39, 0.29) is 11.7 Å². The summed E-state index contributed by atoms with van der Waals surface area (Å²) in [5.41, 5.74) is 2.58. The van der Waals surface area contributed by atoms with Gasteiger partial charge in [0, 0.05) is 30.3 Å². The predicted molar refractivity (Wildman–Crippen MR) is 71.5 cm³/mol. The van der Waals surface area contributed by atoms with Crippen LogP contribution in [0.4, 0.5) is 0 Å². The number of rotatable bonds is 4. The average molecular weight is 264 g/mol. The largest absolute Gasteiger partial charge is 0.381 e. The number of aromatic nitrogens is 1. The number of ketones is 1. The molecule has 104 valence electrons. The molecule has 1 amide bonds. The van der Waals surface area contributed by atoms with E-state index < -0.39 is 0 Å². The zero-order chi connectivity index (χ0) is 14.0. The van der Waals surface area contributed by atoms with E-state index in [0.29, 0.717) is 30.3 Å². The number of carbonyl (C=O) groups excluding carboxylic acids is 2. The summed E-state index contributed by atoms with van der Waals surface area (Å²) < 4.78 is 5.27. The third-order valence-electron chi connectivity index (χ3n) is 3.59. The molecule has 1 aliphatic rings. The summed E-state index contributed by atoms with van der Waals surface area (Å²) >= 11 is 0. The molecule has 1 atom stereocenters. The maximum Gasteiger partial charge on any atom is 0.268 e. The first kappa shape index (κ1) is 13.8. The van der Waals surface area contributed by atoms with Gasteiger partial charge in [-0.2, -0.15) is 0 Å². The van der Waals surface area contributed by atoms with Crippen LogP contribution in [0.3, 0.4) is 0 Å². The maximum atomic E-state index is 12.1. The predicted octanol–water partition coefficient (Wildman–Crippen LogP) is 1.60. The molecule has 2 heterocycles. The third kappa shape index (κ3) is 2.87. The van der Waals surface area contributed by atoms with Gasteiger partial charge < -0.3 is 15.0 Å².